The van der Waals surface area contributed by atoms with Crippen LogP contribution in [-0.4, -0.2) is 28.9 Å². The summed E-state index contributed by atoms with van der Waals surface area (Å²) in [7, 11) is 0. The SMILES string of the molecule is CCN1CCSC1=NCc1cccs1. The molecule has 0 saturated carbocycles. The molecule has 0 unspecified atom stereocenters. The molecule has 1 fully saturated rings. The third kappa shape index (κ3) is 2.30. The molecule has 1 aliphatic heterocycles. The van der Waals surface area contributed by atoms with Crippen molar-refractivity contribution in [1.29, 1.82) is 0 Å². The lowest BCUT2D eigenvalue weighted by Gasteiger charge is -2.14. The average Bonchev–Trinajstić information content (AvgIpc) is 2.85. The summed E-state index contributed by atoms with van der Waals surface area (Å²) in [5.74, 6) is 1.19. The van der Waals surface area contributed by atoms with E-state index in [1.54, 1.807) is 11.3 Å². The molecule has 1 aromatic rings. The van der Waals surface area contributed by atoms with Crippen molar-refractivity contribution in [2.45, 2.75) is 13.5 Å². The molecule has 0 bridgehead atoms. The van der Waals surface area contributed by atoms with Gasteiger partial charge < -0.3 is 4.90 Å². The van der Waals surface area contributed by atoms with Gasteiger partial charge in [-0.15, -0.1) is 11.3 Å². The first-order valence-corrected chi connectivity index (χ1v) is 6.71. The number of amidine groups is 1. The van der Waals surface area contributed by atoms with Gasteiger partial charge in [-0.3, -0.25) is 4.99 Å². The van der Waals surface area contributed by atoms with Crippen molar-refractivity contribution in [2.24, 2.45) is 4.99 Å². The first kappa shape index (κ1) is 10.1. The Bertz CT molecular complexity index is 306. The number of hydrogen-bond acceptors (Lipinski definition) is 3. The molecule has 0 N–H and O–H groups in total. The van der Waals surface area contributed by atoms with Crippen LogP contribution in [0.3, 0.4) is 0 Å². The van der Waals surface area contributed by atoms with Gasteiger partial charge in [0.2, 0.25) is 0 Å². The minimum atomic E-state index is 0.844. The predicted octanol–water partition coefficient (Wildman–Crippen LogP) is 2.67. The zero-order chi connectivity index (χ0) is 9.80. The van der Waals surface area contributed by atoms with E-state index >= 15 is 0 Å². The summed E-state index contributed by atoms with van der Waals surface area (Å²) in [6.45, 7) is 5.27. The fraction of sp³-hybridized carbons (Fsp3) is 0.500. The second-order valence-electron chi connectivity index (χ2n) is 3.11. The van der Waals surface area contributed by atoms with Crippen LogP contribution in [0.2, 0.25) is 0 Å². The third-order valence-corrected chi connectivity index (χ3v) is 4.09. The van der Waals surface area contributed by atoms with E-state index in [9.17, 15) is 0 Å². The van der Waals surface area contributed by atoms with Crippen LogP contribution in [0.25, 0.3) is 0 Å². The van der Waals surface area contributed by atoms with Crippen LogP contribution in [-0.2, 0) is 6.54 Å². The first-order chi connectivity index (χ1) is 6.90. The smallest absolute Gasteiger partial charge is 0.159 e. The minimum absolute atomic E-state index is 0.844. The van der Waals surface area contributed by atoms with E-state index in [0.717, 1.165) is 19.6 Å². The molecular weight excluding hydrogens is 212 g/mol. The molecule has 2 rings (SSSR count). The maximum Gasteiger partial charge on any atom is 0.159 e. The highest BCUT2D eigenvalue weighted by Crippen LogP contribution is 2.19. The number of aliphatic imine (C=N–C) groups is 1. The lowest BCUT2D eigenvalue weighted by molar-refractivity contribution is 0.487. The second-order valence-corrected chi connectivity index (χ2v) is 5.20. The highest BCUT2D eigenvalue weighted by molar-refractivity contribution is 8.14. The van der Waals surface area contributed by atoms with Gasteiger partial charge in [-0.2, -0.15) is 0 Å². The van der Waals surface area contributed by atoms with Crippen LogP contribution in [0.5, 0.6) is 0 Å². The Kier molecular flexibility index (Phi) is 3.48. The summed E-state index contributed by atoms with van der Waals surface area (Å²) in [5, 5.41) is 3.33. The van der Waals surface area contributed by atoms with Crippen LogP contribution in [0.15, 0.2) is 22.5 Å². The molecule has 0 amide bonds. The summed E-state index contributed by atoms with van der Waals surface area (Å²) >= 11 is 3.66. The lowest BCUT2D eigenvalue weighted by Crippen LogP contribution is -2.23. The third-order valence-electron chi connectivity index (χ3n) is 2.19. The maximum atomic E-state index is 4.63. The lowest BCUT2D eigenvalue weighted by atomic mass is 10.5. The van der Waals surface area contributed by atoms with Gasteiger partial charge in [0.1, 0.15) is 0 Å². The van der Waals surface area contributed by atoms with E-state index in [1.165, 1.54) is 15.8 Å². The monoisotopic (exact) mass is 226 g/mol. The molecule has 14 heavy (non-hydrogen) atoms. The molecule has 1 aliphatic rings. The second kappa shape index (κ2) is 4.84. The number of thiophene rings is 1. The van der Waals surface area contributed by atoms with Gasteiger partial charge >= 0.3 is 0 Å². The Balaban J connectivity index is 1.97. The van der Waals surface area contributed by atoms with E-state index in [4.69, 9.17) is 0 Å². The Morgan fingerprint density at radius 3 is 3.21 bits per heavy atom. The van der Waals surface area contributed by atoms with Crippen molar-refractivity contribution >= 4 is 28.3 Å². The first-order valence-electron chi connectivity index (χ1n) is 4.84. The van der Waals surface area contributed by atoms with Crippen molar-refractivity contribution in [3.8, 4) is 0 Å². The molecule has 0 aromatic carbocycles. The molecule has 2 nitrogen and oxygen atoms in total. The zero-order valence-electron chi connectivity index (χ0n) is 8.27. The Hall–Kier alpha value is -0.480. The molecule has 1 saturated heterocycles. The number of rotatable bonds is 3. The van der Waals surface area contributed by atoms with E-state index in [1.807, 2.05) is 11.8 Å². The zero-order valence-corrected chi connectivity index (χ0v) is 9.90. The molecule has 1 aromatic heterocycles. The summed E-state index contributed by atoms with van der Waals surface area (Å²) in [6.07, 6.45) is 0. The van der Waals surface area contributed by atoms with Gasteiger partial charge in [0.25, 0.3) is 0 Å². The van der Waals surface area contributed by atoms with Gasteiger partial charge in [-0.25, -0.2) is 0 Å². The topological polar surface area (TPSA) is 15.6 Å². The molecule has 2 heterocycles. The van der Waals surface area contributed by atoms with Crippen LogP contribution in [0.4, 0.5) is 0 Å². The van der Waals surface area contributed by atoms with Crippen LogP contribution < -0.4 is 0 Å². The predicted molar refractivity (Wildman–Crippen MR) is 65.2 cm³/mol. The van der Waals surface area contributed by atoms with Crippen LogP contribution >= 0.6 is 23.1 Å². The largest absolute Gasteiger partial charge is 0.351 e. The van der Waals surface area contributed by atoms with Crippen LogP contribution in [0.1, 0.15) is 11.8 Å². The number of hydrogen-bond donors (Lipinski definition) is 0. The Morgan fingerprint density at radius 1 is 1.57 bits per heavy atom. The van der Waals surface area contributed by atoms with Gasteiger partial charge in [-0.1, -0.05) is 17.8 Å². The fourth-order valence-electron chi connectivity index (χ4n) is 1.42. The molecule has 0 radical (unpaired) electrons. The van der Waals surface area contributed by atoms with E-state index in [-0.39, 0.29) is 0 Å². The molecule has 0 atom stereocenters. The summed E-state index contributed by atoms with van der Waals surface area (Å²) in [5.41, 5.74) is 0. The van der Waals surface area contributed by atoms with Crippen molar-refractivity contribution in [2.75, 3.05) is 18.8 Å². The van der Waals surface area contributed by atoms with E-state index in [2.05, 4.69) is 34.3 Å². The van der Waals surface area contributed by atoms with Crippen molar-refractivity contribution in [3.63, 3.8) is 0 Å². The molecule has 76 valence electrons. The number of thioether (sulfide) groups is 1. The Labute approximate surface area is 93.0 Å². The molecule has 4 heteroatoms. The summed E-state index contributed by atoms with van der Waals surface area (Å²) in [4.78, 5) is 8.33. The average molecular weight is 226 g/mol. The summed E-state index contributed by atoms with van der Waals surface area (Å²) < 4.78 is 0. The van der Waals surface area contributed by atoms with E-state index < -0.39 is 0 Å². The van der Waals surface area contributed by atoms with Crippen molar-refractivity contribution in [3.05, 3.63) is 22.4 Å². The molecule has 0 spiro atoms. The number of nitrogens with zero attached hydrogens (tertiary/aromatic N) is 2. The summed E-state index contributed by atoms with van der Waals surface area (Å²) in [6, 6.07) is 4.23. The Morgan fingerprint density at radius 2 is 2.50 bits per heavy atom. The van der Waals surface area contributed by atoms with Gasteiger partial charge in [0.15, 0.2) is 5.17 Å². The van der Waals surface area contributed by atoms with Gasteiger partial charge in [0, 0.05) is 23.7 Å². The van der Waals surface area contributed by atoms with Gasteiger partial charge in [0.05, 0.1) is 6.54 Å². The van der Waals surface area contributed by atoms with E-state index in [0.29, 0.717) is 0 Å². The normalized spacial score (nSPS) is 19.5. The van der Waals surface area contributed by atoms with Crippen molar-refractivity contribution in [1.82, 2.24) is 4.90 Å². The van der Waals surface area contributed by atoms with Crippen LogP contribution in [0, 0.1) is 0 Å². The minimum Gasteiger partial charge on any atom is -0.351 e. The highest BCUT2D eigenvalue weighted by atomic mass is 32.2. The highest BCUT2D eigenvalue weighted by Gasteiger charge is 2.16. The standard InChI is InChI=1S/C10H14N2S2/c1-2-12-5-7-14-10(12)11-8-9-4-3-6-13-9/h3-4,6H,2,5,7-8H2,1H3. The molecule has 0 aliphatic carbocycles. The molecular formula is C10H14N2S2. The maximum absolute atomic E-state index is 4.63. The quantitative estimate of drug-likeness (QED) is 0.787. The van der Waals surface area contributed by atoms with Gasteiger partial charge in [-0.05, 0) is 18.4 Å². The van der Waals surface area contributed by atoms with Crippen molar-refractivity contribution < 1.29 is 0 Å². The fourth-order valence-corrected chi connectivity index (χ4v) is 3.10.